The van der Waals surface area contributed by atoms with Crippen molar-refractivity contribution in [3.8, 4) is 5.75 Å². The lowest BCUT2D eigenvalue weighted by Gasteiger charge is -2.12. The maximum absolute atomic E-state index is 5.49. The summed E-state index contributed by atoms with van der Waals surface area (Å²) in [7, 11) is 3.93. The molecular weight excluding hydrogens is 212 g/mol. The monoisotopic (exact) mass is 230 g/mol. The van der Waals surface area contributed by atoms with Crippen LogP contribution in [0, 0.1) is 0 Å². The summed E-state index contributed by atoms with van der Waals surface area (Å²) in [5.74, 6) is 0.985. The number of para-hydroxylation sites is 1. The lowest BCUT2D eigenvalue weighted by Crippen LogP contribution is -2.21. The average molecular weight is 230 g/mol. The van der Waals surface area contributed by atoms with Crippen molar-refractivity contribution in [1.29, 1.82) is 0 Å². The van der Waals surface area contributed by atoms with Crippen LogP contribution < -0.4 is 4.74 Å². The Balaban J connectivity index is 2.19. The van der Waals surface area contributed by atoms with E-state index in [9.17, 15) is 0 Å². The van der Waals surface area contributed by atoms with Gasteiger partial charge in [-0.25, -0.2) is 0 Å². The molecule has 0 radical (unpaired) electrons. The van der Waals surface area contributed by atoms with E-state index in [-0.39, 0.29) is 0 Å². The number of hydrogen-bond donors (Lipinski definition) is 0. The Bertz CT molecular complexity index is 544. The van der Waals surface area contributed by atoms with E-state index in [1.807, 2.05) is 6.07 Å². The van der Waals surface area contributed by atoms with Crippen LogP contribution in [-0.4, -0.2) is 36.7 Å². The lowest BCUT2D eigenvalue weighted by atomic mass is 10.2. The van der Waals surface area contributed by atoms with Gasteiger partial charge in [0, 0.05) is 37.1 Å². The van der Waals surface area contributed by atoms with Crippen molar-refractivity contribution in [2.75, 3.05) is 27.2 Å². The van der Waals surface area contributed by atoms with Crippen molar-refractivity contribution in [2.24, 2.45) is 0 Å². The van der Waals surface area contributed by atoms with E-state index >= 15 is 0 Å². The predicted molar refractivity (Wildman–Crippen MR) is 69.7 cm³/mol. The van der Waals surface area contributed by atoms with Crippen molar-refractivity contribution in [1.82, 2.24) is 9.47 Å². The molecule has 3 heteroatoms. The summed E-state index contributed by atoms with van der Waals surface area (Å²) < 4.78 is 7.90. The normalized spacial score (nSPS) is 16.8. The Morgan fingerprint density at radius 1 is 1.18 bits per heavy atom. The molecule has 0 saturated carbocycles. The summed E-state index contributed by atoms with van der Waals surface area (Å²) in [5, 5.41) is 1.30. The molecule has 2 heterocycles. The third-order valence-electron chi connectivity index (χ3n) is 3.64. The highest BCUT2D eigenvalue weighted by Crippen LogP contribution is 2.29. The molecule has 0 atom stereocenters. The SMILES string of the molecule is COc1cccc2cc3n(c12)CCN(C)CC3. The number of benzene rings is 1. The second kappa shape index (κ2) is 4.08. The van der Waals surface area contributed by atoms with Crippen molar-refractivity contribution in [3.63, 3.8) is 0 Å². The Morgan fingerprint density at radius 2 is 2.06 bits per heavy atom. The first kappa shape index (κ1) is 10.7. The van der Waals surface area contributed by atoms with Gasteiger partial charge in [0.1, 0.15) is 5.75 Å². The molecule has 90 valence electrons. The van der Waals surface area contributed by atoms with Gasteiger partial charge in [0.05, 0.1) is 12.6 Å². The molecule has 3 nitrogen and oxygen atoms in total. The number of hydrogen-bond acceptors (Lipinski definition) is 2. The second-order valence-electron chi connectivity index (χ2n) is 4.74. The van der Waals surface area contributed by atoms with Crippen LogP contribution in [0.3, 0.4) is 0 Å². The smallest absolute Gasteiger partial charge is 0.143 e. The molecule has 0 saturated heterocycles. The van der Waals surface area contributed by atoms with Gasteiger partial charge in [-0.15, -0.1) is 0 Å². The van der Waals surface area contributed by atoms with Crippen LogP contribution in [0.1, 0.15) is 5.69 Å². The molecule has 17 heavy (non-hydrogen) atoms. The van der Waals surface area contributed by atoms with Crippen molar-refractivity contribution in [3.05, 3.63) is 30.0 Å². The Kier molecular flexibility index (Phi) is 2.56. The quantitative estimate of drug-likeness (QED) is 0.746. The minimum Gasteiger partial charge on any atom is -0.495 e. The molecule has 1 aliphatic rings. The van der Waals surface area contributed by atoms with Crippen LogP contribution in [0.15, 0.2) is 24.3 Å². The zero-order valence-corrected chi connectivity index (χ0v) is 10.4. The molecule has 2 aromatic rings. The third-order valence-corrected chi connectivity index (χ3v) is 3.64. The molecule has 0 amide bonds. The molecular formula is C14H18N2O. The summed E-state index contributed by atoms with van der Waals surface area (Å²) in [6, 6.07) is 8.58. The van der Waals surface area contributed by atoms with Gasteiger partial charge >= 0.3 is 0 Å². The van der Waals surface area contributed by atoms with Gasteiger partial charge in [-0.1, -0.05) is 12.1 Å². The molecule has 0 N–H and O–H groups in total. The van der Waals surface area contributed by atoms with E-state index < -0.39 is 0 Å². The number of likely N-dealkylation sites (N-methyl/N-ethyl adjacent to an activating group) is 1. The molecule has 0 bridgehead atoms. The van der Waals surface area contributed by atoms with Crippen LogP contribution in [0.2, 0.25) is 0 Å². The van der Waals surface area contributed by atoms with Gasteiger partial charge in [0.25, 0.3) is 0 Å². The van der Waals surface area contributed by atoms with Crippen LogP contribution >= 0.6 is 0 Å². The fourth-order valence-electron chi connectivity index (χ4n) is 2.66. The summed E-state index contributed by atoms with van der Waals surface area (Å²) in [6.07, 6.45) is 1.12. The van der Waals surface area contributed by atoms with Crippen LogP contribution in [0.4, 0.5) is 0 Å². The first-order valence-corrected chi connectivity index (χ1v) is 6.13. The minimum absolute atomic E-state index is 0.985. The minimum atomic E-state index is 0.985. The maximum Gasteiger partial charge on any atom is 0.143 e. The summed E-state index contributed by atoms with van der Waals surface area (Å²) in [6.45, 7) is 3.29. The largest absolute Gasteiger partial charge is 0.495 e. The van der Waals surface area contributed by atoms with Crippen LogP contribution in [-0.2, 0) is 13.0 Å². The van der Waals surface area contributed by atoms with Gasteiger partial charge in [0.15, 0.2) is 0 Å². The number of nitrogens with zero attached hydrogens (tertiary/aromatic N) is 2. The van der Waals surface area contributed by atoms with Gasteiger partial charge in [-0.3, -0.25) is 0 Å². The van der Waals surface area contributed by atoms with Crippen molar-refractivity contribution >= 4 is 10.9 Å². The standard InChI is InChI=1S/C14H18N2O/c1-15-7-6-12-10-11-4-3-5-13(17-2)14(11)16(12)9-8-15/h3-5,10H,6-9H2,1-2H3. The highest BCUT2D eigenvalue weighted by atomic mass is 16.5. The van der Waals surface area contributed by atoms with Crippen molar-refractivity contribution < 1.29 is 4.74 Å². The predicted octanol–water partition coefficient (Wildman–Crippen LogP) is 2.14. The van der Waals surface area contributed by atoms with Crippen molar-refractivity contribution in [2.45, 2.75) is 13.0 Å². The van der Waals surface area contributed by atoms with Crippen LogP contribution in [0.5, 0.6) is 5.75 Å². The number of ether oxygens (including phenoxy) is 1. The number of methoxy groups -OCH3 is 1. The molecule has 0 fully saturated rings. The van der Waals surface area contributed by atoms with E-state index in [2.05, 4.69) is 34.7 Å². The number of fused-ring (bicyclic) bond motifs is 3. The fraction of sp³-hybridized carbons (Fsp3) is 0.429. The Morgan fingerprint density at radius 3 is 2.88 bits per heavy atom. The lowest BCUT2D eigenvalue weighted by molar-refractivity contribution is 0.342. The van der Waals surface area contributed by atoms with E-state index in [4.69, 9.17) is 4.74 Å². The first-order valence-electron chi connectivity index (χ1n) is 6.13. The topological polar surface area (TPSA) is 17.4 Å². The molecule has 0 unspecified atom stereocenters. The molecule has 3 rings (SSSR count). The van der Waals surface area contributed by atoms with E-state index in [0.29, 0.717) is 0 Å². The average Bonchev–Trinajstić information content (AvgIpc) is 2.61. The molecule has 0 aliphatic carbocycles. The maximum atomic E-state index is 5.49. The Labute approximate surface area is 102 Å². The fourth-order valence-corrected chi connectivity index (χ4v) is 2.66. The highest BCUT2D eigenvalue weighted by Gasteiger charge is 2.16. The van der Waals surface area contributed by atoms with Gasteiger partial charge in [-0.2, -0.15) is 0 Å². The zero-order valence-electron chi connectivity index (χ0n) is 10.4. The molecule has 1 aliphatic heterocycles. The van der Waals surface area contributed by atoms with Gasteiger partial charge in [-0.05, 0) is 19.2 Å². The van der Waals surface area contributed by atoms with Gasteiger partial charge < -0.3 is 14.2 Å². The third kappa shape index (κ3) is 1.71. The first-order chi connectivity index (χ1) is 8.29. The summed E-state index contributed by atoms with van der Waals surface area (Å²) in [4.78, 5) is 2.38. The van der Waals surface area contributed by atoms with Crippen LogP contribution in [0.25, 0.3) is 10.9 Å². The zero-order chi connectivity index (χ0) is 11.8. The molecule has 1 aromatic carbocycles. The summed E-state index contributed by atoms with van der Waals surface area (Å²) in [5.41, 5.74) is 2.68. The molecule has 1 aromatic heterocycles. The summed E-state index contributed by atoms with van der Waals surface area (Å²) >= 11 is 0. The van der Waals surface area contributed by atoms with E-state index in [1.165, 1.54) is 16.6 Å². The van der Waals surface area contributed by atoms with Gasteiger partial charge in [0.2, 0.25) is 0 Å². The molecule has 0 spiro atoms. The van der Waals surface area contributed by atoms with E-state index in [1.54, 1.807) is 7.11 Å². The number of aromatic nitrogens is 1. The van der Waals surface area contributed by atoms with E-state index in [0.717, 1.165) is 31.8 Å². The second-order valence-corrected chi connectivity index (χ2v) is 4.74. The Hall–Kier alpha value is -1.48. The highest BCUT2D eigenvalue weighted by molar-refractivity contribution is 5.87. The number of rotatable bonds is 1.